The number of hydrogen-bond donors (Lipinski definition) is 1. The molecule has 2 saturated heterocycles. The molecule has 0 unspecified atom stereocenters. The van der Waals surface area contributed by atoms with Gasteiger partial charge >= 0.3 is 0 Å². The van der Waals surface area contributed by atoms with Gasteiger partial charge in [-0.1, -0.05) is 0 Å². The van der Waals surface area contributed by atoms with Gasteiger partial charge in [-0.15, -0.1) is 0 Å². The van der Waals surface area contributed by atoms with Gasteiger partial charge in [-0.25, -0.2) is 8.42 Å². The Balaban J connectivity index is 1.56. The van der Waals surface area contributed by atoms with Crippen LogP contribution in [0, 0.1) is 0 Å². The molecule has 0 spiro atoms. The van der Waals surface area contributed by atoms with E-state index in [9.17, 15) is 13.2 Å². The lowest BCUT2D eigenvalue weighted by molar-refractivity contribution is -0.0455. The Labute approximate surface area is 147 Å². The molecular weight excluding hydrogens is 348 g/mol. The maximum absolute atomic E-state index is 12.5. The third-order valence-corrected chi connectivity index (χ3v) is 5.99. The van der Waals surface area contributed by atoms with Crippen molar-refractivity contribution < 1.29 is 27.4 Å². The van der Waals surface area contributed by atoms with Crippen LogP contribution >= 0.6 is 0 Å². The molecule has 8 nitrogen and oxygen atoms in total. The fraction of sp³-hybridized carbons (Fsp3) is 0.562. The second-order valence-corrected chi connectivity index (χ2v) is 7.69. The molecule has 1 aromatic rings. The monoisotopic (exact) mass is 370 g/mol. The average molecular weight is 370 g/mol. The van der Waals surface area contributed by atoms with Gasteiger partial charge in [-0.3, -0.25) is 4.79 Å². The maximum Gasteiger partial charge on any atom is 0.251 e. The zero-order valence-electron chi connectivity index (χ0n) is 13.8. The minimum atomic E-state index is -3.54. The lowest BCUT2D eigenvalue weighted by Gasteiger charge is -2.26. The molecule has 0 aliphatic carbocycles. The molecule has 138 valence electrons. The zero-order valence-corrected chi connectivity index (χ0v) is 14.7. The fourth-order valence-electron chi connectivity index (χ4n) is 2.69. The number of rotatable bonds is 6. The van der Waals surface area contributed by atoms with E-state index < -0.39 is 10.0 Å². The Kier molecular flexibility index (Phi) is 6.02. The molecule has 9 heteroatoms. The number of nitrogens with zero attached hydrogens (tertiary/aromatic N) is 1. The van der Waals surface area contributed by atoms with Gasteiger partial charge in [-0.2, -0.15) is 4.31 Å². The third kappa shape index (κ3) is 4.56. The summed E-state index contributed by atoms with van der Waals surface area (Å²) in [7, 11) is -3.54. The summed E-state index contributed by atoms with van der Waals surface area (Å²) < 4.78 is 42.2. The number of morpholine rings is 1. The molecule has 2 aliphatic rings. The van der Waals surface area contributed by atoms with Crippen molar-refractivity contribution in [3.8, 4) is 0 Å². The predicted octanol–water partition coefficient (Wildman–Crippen LogP) is 0.200. The lowest BCUT2D eigenvalue weighted by atomic mass is 10.2. The van der Waals surface area contributed by atoms with Crippen LogP contribution in [0.5, 0.6) is 0 Å². The summed E-state index contributed by atoms with van der Waals surface area (Å²) in [6.07, 6.45) is 0.316. The van der Waals surface area contributed by atoms with E-state index in [-0.39, 0.29) is 17.1 Å². The van der Waals surface area contributed by atoms with Crippen molar-refractivity contribution in [2.45, 2.75) is 17.6 Å². The van der Waals surface area contributed by atoms with Crippen LogP contribution in [0.4, 0.5) is 0 Å². The summed E-state index contributed by atoms with van der Waals surface area (Å²) in [5, 5.41) is 2.77. The van der Waals surface area contributed by atoms with E-state index in [0.29, 0.717) is 58.0 Å². The lowest BCUT2D eigenvalue weighted by Crippen LogP contribution is -2.40. The van der Waals surface area contributed by atoms with E-state index in [1.54, 1.807) is 0 Å². The second-order valence-electron chi connectivity index (χ2n) is 5.76. The van der Waals surface area contributed by atoms with E-state index >= 15 is 0 Å². The normalized spacial score (nSPS) is 19.8. The van der Waals surface area contributed by atoms with Crippen LogP contribution in [0.3, 0.4) is 0 Å². The molecule has 0 aromatic heterocycles. The Morgan fingerprint density at radius 2 is 1.72 bits per heavy atom. The smallest absolute Gasteiger partial charge is 0.251 e. The summed E-state index contributed by atoms with van der Waals surface area (Å²) in [5.41, 5.74) is 0.411. The van der Waals surface area contributed by atoms with Crippen molar-refractivity contribution in [1.29, 1.82) is 0 Å². The molecule has 1 aromatic carbocycles. The van der Waals surface area contributed by atoms with Gasteiger partial charge in [0, 0.05) is 31.6 Å². The summed E-state index contributed by atoms with van der Waals surface area (Å²) in [6.45, 7) is 3.07. The largest absolute Gasteiger partial charge is 0.379 e. The molecule has 2 heterocycles. The summed E-state index contributed by atoms with van der Waals surface area (Å²) >= 11 is 0. The van der Waals surface area contributed by atoms with E-state index in [0.717, 1.165) is 0 Å². The molecule has 2 fully saturated rings. The van der Waals surface area contributed by atoms with Crippen molar-refractivity contribution in [2.75, 3.05) is 46.1 Å². The highest BCUT2D eigenvalue weighted by Crippen LogP contribution is 2.17. The molecule has 1 amide bonds. The number of sulfonamides is 1. The molecule has 1 N–H and O–H groups in total. The Morgan fingerprint density at radius 1 is 1.08 bits per heavy atom. The number of carbonyl (C=O) groups excluding carboxylic acids is 1. The standard InChI is InChI=1S/C16H22N2O6S/c19-16(17-6-5-15-23-11-12-24-15)13-1-3-14(4-2-13)25(20,21)18-7-9-22-10-8-18/h1-4,15H,5-12H2,(H,17,19). The fourth-order valence-corrected chi connectivity index (χ4v) is 4.10. The first-order valence-electron chi connectivity index (χ1n) is 8.27. The molecule has 0 saturated carbocycles. The van der Waals surface area contributed by atoms with Crippen LogP contribution in [-0.2, 0) is 24.2 Å². The second kappa shape index (κ2) is 8.24. The minimum Gasteiger partial charge on any atom is -0.379 e. The van der Waals surface area contributed by atoms with E-state index in [1.807, 2.05) is 0 Å². The van der Waals surface area contributed by atoms with Gasteiger partial charge in [0.1, 0.15) is 0 Å². The highest BCUT2D eigenvalue weighted by atomic mass is 32.2. The van der Waals surface area contributed by atoms with Crippen LogP contribution in [-0.4, -0.2) is 71.0 Å². The Hall–Kier alpha value is -1.52. The molecule has 25 heavy (non-hydrogen) atoms. The van der Waals surface area contributed by atoms with E-state index in [2.05, 4.69) is 5.32 Å². The highest BCUT2D eigenvalue weighted by molar-refractivity contribution is 7.89. The molecule has 0 atom stereocenters. The Bertz CT molecular complexity index is 679. The number of benzene rings is 1. The maximum atomic E-state index is 12.5. The Morgan fingerprint density at radius 3 is 2.36 bits per heavy atom. The molecule has 0 bridgehead atoms. The first-order valence-corrected chi connectivity index (χ1v) is 9.71. The van der Waals surface area contributed by atoms with Crippen molar-refractivity contribution in [2.24, 2.45) is 0 Å². The van der Waals surface area contributed by atoms with Crippen molar-refractivity contribution in [3.05, 3.63) is 29.8 Å². The number of amides is 1. The van der Waals surface area contributed by atoms with Gasteiger partial charge in [0.05, 0.1) is 31.3 Å². The van der Waals surface area contributed by atoms with Gasteiger partial charge in [0.15, 0.2) is 6.29 Å². The van der Waals surface area contributed by atoms with E-state index in [4.69, 9.17) is 14.2 Å². The first-order chi connectivity index (χ1) is 12.1. The van der Waals surface area contributed by atoms with Gasteiger partial charge in [0.25, 0.3) is 5.91 Å². The zero-order chi connectivity index (χ0) is 17.7. The topological polar surface area (TPSA) is 94.2 Å². The molecule has 0 radical (unpaired) electrons. The molecular formula is C16H22N2O6S. The van der Waals surface area contributed by atoms with Gasteiger partial charge in [-0.05, 0) is 24.3 Å². The number of carbonyl (C=O) groups is 1. The summed E-state index contributed by atoms with van der Waals surface area (Å²) in [4.78, 5) is 12.3. The summed E-state index contributed by atoms with van der Waals surface area (Å²) in [5.74, 6) is -0.256. The third-order valence-electron chi connectivity index (χ3n) is 4.08. The van der Waals surface area contributed by atoms with Crippen LogP contribution in [0.2, 0.25) is 0 Å². The van der Waals surface area contributed by atoms with Crippen LogP contribution in [0.25, 0.3) is 0 Å². The van der Waals surface area contributed by atoms with Gasteiger partial charge in [0.2, 0.25) is 10.0 Å². The van der Waals surface area contributed by atoms with Crippen molar-refractivity contribution in [1.82, 2.24) is 9.62 Å². The first kappa shape index (κ1) is 18.3. The van der Waals surface area contributed by atoms with Crippen LogP contribution < -0.4 is 5.32 Å². The van der Waals surface area contributed by atoms with E-state index in [1.165, 1.54) is 28.6 Å². The minimum absolute atomic E-state index is 0.179. The van der Waals surface area contributed by atoms with Crippen LogP contribution in [0.15, 0.2) is 29.2 Å². The van der Waals surface area contributed by atoms with Crippen molar-refractivity contribution >= 4 is 15.9 Å². The van der Waals surface area contributed by atoms with Crippen molar-refractivity contribution in [3.63, 3.8) is 0 Å². The highest BCUT2D eigenvalue weighted by Gasteiger charge is 2.26. The number of nitrogens with one attached hydrogen (secondary N) is 1. The quantitative estimate of drug-likeness (QED) is 0.769. The molecule has 2 aliphatic heterocycles. The molecule has 3 rings (SSSR count). The SMILES string of the molecule is O=C(NCCC1OCCO1)c1ccc(S(=O)(=O)N2CCOCC2)cc1. The van der Waals surface area contributed by atoms with Crippen LogP contribution in [0.1, 0.15) is 16.8 Å². The predicted molar refractivity (Wildman–Crippen MR) is 88.7 cm³/mol. The average Bonchev–Trinajstić information content (AvgIpc) is 3.16. The summed E-state index contributed by atoms with van der Waals surface area (Å²) in [6, 6.07) is 5.96. The van der Waals surface area contributed by atoms with Gasteiger partial charge < -0.3 is 19.5 Å². The number of ether oxygens (including phenoxy) is 3. The number of hydrogen-bond acceptors (Lipinski definition) is 6.